The van der Waals surface area contributed by atoms with Crippen LogP contribution in [-0.2, 0) is 7.05 Å². The minimum absolute atomic E-state index is 0.0222. The number of nitrogens with one attached hydrogen (secondary N) is 1. The van der Waals surface area contributed by atoms with Crippen LogP contribution in [-0.4, -0.2) is 32.1 Å². The fraction of sp³-hybridized carbons (Fsp3) is 0.125. The van der Waals surface area contributed by atoms with Gasteiger partial charge in [-0.15, -0.1) is 0 Å². The molecule has 0 saturated heterocycles. The Hall–Kier alpha value is -3.85. The summed E-state index contributed by atoms with van der Waals surface area (Å²) in [4.78, 5) is 18.1. The number of halogens is 4. The molecule has 0 amide bonds. The van der Waals surface area contributed by atoms with E-state index in [1.165, 1.54) is 10.6 Å². The summed E-state index contributed by atoms with van der Waals surface area (Å²) in [6.45, 7) is -1.23. The minimum atomic E-state index is -4.40. The first-order valence-corrected chi connectivity index (χ1v) is 10.6. The highest BCUT2D eigenvalue weighted by atomic mass is 35.5. The third-order valence-corrected chi connectivity index (χ3v) is 5.60. The third-order valence-electron chi connectivity index (χ3n) is 5.35. The summed E-state index contributed by atoms with van der Waals surface area (Å²) in [5.74, 6) is 0.0222. The molecule has 5 rings (SSSR count). The van der Waals surface area contributed by atoms with Gasteiger partial charge < -0.3 is 5.32 Å². The lowest BCUT2D eigenvalue weighted by molar-refractivity contribution is -0.115. The van der Waals surface area contributed by atoms with E-state index in [9.17, 15) is 18.0 Å². The Bertz CT molecular complexity index is 1590. The normalized spacial score (nSPS) is 11.9. The zero-order chi connectivity index (χ0) is 24.0. The molecule has 10 heteroatoms. The molecule has 0 fully saturated rings. The summed E-state index contributed by atoms with van der Waals surface area (Å²) >= 11 is 6.03. The summed E-state index contributed by atoms with van der Waals surface area (Å²) in [5, 5.41) is 8.58. The van der Waals surface area contributed by atoms with Gasteiger partial charge in [0.05, 0.1) is 16.6 Å². The molecule has 5 aromatic rings. The number of benzene rings is 2. The molecule has 2 aromatic carbocycles. The number of hydrogen-bond donors (Lipinski definition) is 1. The standard InChI is InChI=1S/C24H17ClF3N5O/c1-32-11-16-10-18(7-8-19(16)31-32)33-12-15-4-9-20(29-13-24(26,27)28)30-22(15)21(23(33)34)14-2-5-17(25)6-3-14/h2-12H,13H2,1H3,(H,29,30). The molecule has 0 aliphatic rings. The first kappa shape index (κ1) is 22.0. The first-order valence-electron chi connectivity index (χ1n) is 10.2. The van der Waals surface area contributed by atoms with Crippen LogP contribution in [0.4, 0.5) is 19.0 Å². The van der Waals surface area contributed by atoms with E-state index in [0.29, 0.717) is 27.2 Å². The first-order chi connectivity index (χ1) is 16.2. The van der Waals surface area contributed by atoms with Gasteiger partial charge in [0, 0.05) is 40.9 Å². The predicted octanol–water partition coefficient (Wildman–Crippen LogP) is 5.57. The number of nitrogens with zero attached hydrogens (tertiary/aromatic N) is 4. The van der Waals surface area contributed by atoms with Gasteiger partial charge in [0.25, 0.3) is 5.56 Å². The molecule has 6 nitrogen and oxygen atoms in total. The van der Waals surface area contributed by atoms with Crippen LogP contribution in [0.5, 0.6) is 0 Å². The van der Waals surface area contributed by atoms with E-state index in [-0.39, 0.29) is 16.9 Å². The van der Waals surface area contributed by atoms with Crippen molar-refractivity contribution >= 4 is 39.2 Å². The Morgan fingerprint density at radius 3 is 2.50 bits per heavy atom. The molecule has 0 spiro atoms. The molecule has 3 heterocycles. The fourth-order valence-corrected chi connectivity index (χ4v) is 3.96. The van der Waals surface area contributed by atoms with Crippen molar-refractivity contribution in [3.05, 3.63) is 82.4 Å². The van der Waals surface area contributed by atoms with Gasteiger partial charge in [0.15, 0.2) is 0 Å². The van der Waals surface area contributed by atoms with Crippen LogP contribution in [0.15, 0.2) is 71.8 Å². The molecular formula is C24H17ClF3N5O. The van der Waals surface area contributed by atoms with Crippen LogP contribution in [0.2, 0.25) is 5.02 Å². The molecule has 0 bridgehead atoms. The van der Waals surface area contributed by atoms with Crippen molar-refractivity contribution in [2.75, 3.05) is 11.9 Å². The predicted molar refractivity (Wildman–Crippen MR) is 127 cm³/mol. The highest BCUT2D eigenvalue weighted by Gasteiger charge is 2.27. The van der Waals surface area contributed by atoms with E-state index >= 15 is 0 Å². The fourth-order valence-electron chi connectivity index (χ4n) is 3.84. The number of hydrogen-bond acceptors (Lipinski definition) is 4. The molecule has 3 aromatic heterocycles. The van der Waals surface area contributed by atoms with Crippen molar-refractivity contribution in [3.8, 4) is 16.8 Å². The van der Waals surface area contributed by atoms with Gasteiger partial charge in [0.1, 0.15) is 12.4 Å². The molecular weight excluding hydrogens is 467 g/mol. The molecule has 0 saturated carbocycles. The van der Waals surface area contributed by atoms with Crippen molar-refractivity contribution in [1.82, 2.24) is 19.3 Å². The Morgan fingerprint density at radius 1 is 1.00 bits per heavy atom. The van der Waals surface area contributed by atoms with Crippen LogP contribution < -0.4 is 10.9 Å². The smallest absolute Gasteiger partial charge is 0.361 e. The van der Waals surface area contributed by atoms with Crippen molar-refractivity contribution in [2.24, 2.45) is 7.05 Å². The zero-order valence-electron chi connectivity index (χ0n) is 17.8. The summed E-state index contributed by atoms with van der Waals surface area (Å²) in [5.41, 5.74) is 2.16. The number of aryl methyl sites for hydroxylation is 1. The Balaban J connectivity index is 1.73. The van der Waals surface area contributed by atoms with Crippen molar-refractivity contribution in [3.63, 3.8) is 0 Å². The molecule has 0 aliphatic carbocycles. The van der Waals surface area contributed by atoms with Gasteiger partial charge in [-0.1, -0.05) is 23.7 Å². The lowest BCUT2D eigenvalue weighted by atomic mass is 10.0. The van der Waals surface area contributed by atoms with Crippen LogP contribution in [0.25, 0.3) is 38.6 Å². The molecule has 1 N–H and O–H groups in total. The van der Waals surface area contributed by atoms with E-state index in [0.717, 1.165) is 10.9 Å². The second-order valence-electron chi connectivity index (χ2n) is 7.84. The summed E-state index contributed by atoms with van der Waals surface area (Å²) in [7, 11) is 1.82. The van der Waals surface area contributed by atoms with Crippen LogP contribution in [0, 0.1) is 0 Å². The van der Waals surface area contributed by atoms with Gasteiger partial charge in [-0.3, -0.25) is 14.0 Å². The largest absolute Gasteiger partial charge is 0.405 e. The Kier molecular flexibility index (Phi) is 5.28. The Labute approximate surface area is 196 Å². The summed E-state index contributed by atoms with van der Waals surface area (Å²) in [6.07, 6.45) is -0.912. The lowest BCUT2D eigenvalue weighted by Crippen LogP contribution is -2.22. The monoisotopic (exact) mass is 483 g/mol. The van der Waals surface area contributed by atoms with Crippen LogP contribution in [0.3, 0.4) is 0 Å². The van der Waals surface area contributed by atoms with E-state index in [1.54, 1.807) is 47.3 Å². The second kappa shape index (κ2) is 8.18. The van der Waals surface area contributed by atoms with Crippen LogP contribution in [0.1, 0.15) is 0 Å². The average molecular weight is 484 g/mol. The van der Waals surface area contributed by atoms with Gasteiger partial charge in [-0.05, 0) is 48.0 Å². The van der Waals surface area contributed by atoms with E-state index in [4.69, 9.17) is 11.6 Å². The highest BCUT2D eigenvalue weighted by molar-refractivity contribution is 6.30. The minimum Gasteiger partial charge on any atom is -0.361 e. The van der Waals surface area contributed by atoms with Crippen molar-refractivity contribution < 1.29 is 13.2 Å². The topological polar surface area (TPSA) is 64.7 Å². The summed E-state index contributed by atoms with van der Waals surface area (Å²) < 4.78 is 41.3. The van der Waals surface area contributed by atoms with Gasteiger partial charge in [-0.2, -0.15) is 18.3 Å². The number of alkyl halides is 3. The van der Waals surface area contributed by atoms with Gasteiger partial charge in [0.2, 0.25) is 0 Å². The SMILES string of the molecule is Cn1cc2cc(-n3cc4ccc(NCC(F)(F)F)nc4c(-c4ccc(Cl)cc4)c3=O)ccc2n1. The maximum Gasteiger partial charge on any atom is 0.405 e. The van der Waals surface area contributed by atoms with Gasteiger partial charge in [-0.25, -0.2) is 4.98 Å². The van der Waals surface area contributed by atoms with Gasteiger partial charge >= 0.3 is 6.18 Å². The molecule has 34 heavy (non-hydrogen) atoms. The number of fused-ring (bicyclic) bond motifs is 2. The molecule has 172 valence electrons. The molecule has 0 atom stereocenters. The Morgan fingerprint density at radius 2 is 1.76 bits per heavy atom. The number of anilines is 1. The third kappa shape index (κ3) is 4.22. The summed E-state index contributed by atoms with van der Waals surface area (Å²) in [6, 6.07) is 15.2. The molecule has 0 unspecified atom stereocenters. The molecule has 0 aliphatic heterocycles. The maximum atomic E-state index is 13.7. The highest BCUT2D eigenvalue weighted by Crippen LogP contribution is 2.28. The number of aromatic nitrogens is 4. The van der Waals surface area contributed by atoms with Crippen molar-refractivity contribution in [2.45, 2.75) is 6.18 Å². The maximum absolute atomic E-state index is 13.7. The van der Waals surface area contributed by atoms with E-state index in [2.05, 4.69) is 15.4 Å². The number of pyridine rings is 2. The number of rotatable bonds is 4. The quantitative estimate of drug-likeness (QED) is 0.363. The second-order valence-corrected chi connectivity index (χ2v) is 8.27. The lowest BCUT2D eigenvalue weighted by Gasteiger charge is -2.14. The average Bonchev–Trinajstić information content (AvgIpc) is 3.17. The van der Waals surface area contributed by atoms with Crippen molar-refractivity contribution in [1.29, 1.82) is 0 Å². The van der Waals surface area contributed by atoms with E-state index in [1.807, 2.05) is 25.4 Å². The van der Waals surface area contributed by atoms with Crippen LogP contribution >= 0.6 is 11.6 Å². The zero-order valence-corrected chi connectivity index (χ0v) is 18.5. The van der Waals surface area contributed by atoms with E-state index < -0.39 is 12.7 Å². The molecule has 0 radical (unpaired) electrons.